The maximum absolute atomic E-state index is 12.2. The maximum atomic E-state index is 12.2. The lowest BCUT2D eigenvalue weighted by Crippen LogP contribution is -2.12. The van der Waals surface area contributed by atoms with Gasteiger partial charge in [-0.15, -0.1) is 16.9 Å². The number of carbonyl (C=O) groups is 2. The van der Waals surface area contributed by atoms with Gasteiger partial charge in [-0.05, 0) is 42.5 Å². The van der Waals surface area contributed by atoms with Crippen LogP contribution in [0.1, 0.15) is 46.0 Å². The van der Waals surface area contributed by atoms with E-state index < -0.39 is 0 Å². The van der Waals surface area contributed by atoms with E-state index >= 15 is 0 Å². The number of aromatic nitrogens is 2. The number of nitrogens with zero attached hydrogens (tertiary/aromatic N) is 2. The first-order valence-corrected chi connectivity index (χ1v) is 9.50. The molecule has 1 amide bonds. The number of hydrogen-bond donors (Lipinski definition) is 1. The Balaban J connectivity index is 1.61. The van der Waals surface area contributed by atoms with Crippen molar-refractivity contribution in [1.82, 2.24) is 10.2 Å². The SMILES string of the molecule is CCSc1ccc(Cc2nnc(NC(=O)c3ccc(C(C)=O)cc3)o2)cc1. The molecule has 0 spiro atoms. The van der Waals surface area contributed by atoms with Gasteiger partial charge in [0, 0.05) is 16.0 Å². The lowest BCUT2D eigenvalue weighted by atomic mass is 10.1. The molecule has 3 rings (SSSR count). The lowest BCUT2D eigenvalue weighted by Gasteiger charge is -2.02. The highest BCUT2D eigenvalue weighted by molar-refractivity contribution is 7.99. The molecule has 0 aliphatic rings. The van der Waals surface area contributed by atoms with E-state index in [1.165, 1.54) is 11.8 Å². The molecule has 0 saturated carbocycles. The number of amides is 1. The van der Waals surface area contributed by atoms with E-state index in [4.69, 9.17) is 4.42 Å². The van der Waals surface area contributed by atoms with Crippen molar-refractivity contribution < 1.29 is 14.0 Å². The molecule has 1 aromatic heterocycles. The largest absolute Gasteiger partial charge is 0.407 e. The second-order valence-corrected chi connectivity index (χ2v) is 7.18. The smallest absolute Gasteiger partial charge is 0.322 e. The summed E-state index contributed by atoms with van der Waals surface area (Å²) >= 11 is 1.78. The molecular formula is C20H19N3O3S. The first kappa shape index (κ1) is 18.8. The number of rotatable bonds is 7. The Kier molecular flexibility index (Phi) is 6.03. The third kappa shape index (κ3) is 5.04. The molecular weight excluding hydrogens is 362 g/mol. The van der Waals surface area contributed by atoms with Gasteiger partial charge in [0.25, 0.3) is 5.91 Å². The van der Waals surface area contributed by atoms with Gasteiger partial charge < -0.3 is 4.42 Å². The number of carbonyl (C=O) groups excluding carboxylic acids is 2. The molecule has 3 aromatic rings. The van der Waals surface area contributed by atoms with Crippen LogP contribution in [0.15, 0.2) is 57.8 Å². The summed E-state index contributed by atoms with van der Waals surface area (Å²) in [5.74, 6) is 1.03. The first-order chi connectivity index (χ1) is 13.0. The van der Waals surface area contributed by atoms with Gasteiger partial charge in [0.05, 0.1) is 6.42 Å². The Labute approximate surface area is 161 Å². The van der Waals surface area contributed by atoms with Gasteiger partial charge in [-0.25, -0.2) is 0 Å². The number of Topliss-reactive ketones (excluding diaryl/α,β-unsaturated/α-hetero) is 1. The summed E-state index contributed by atoms with van der Waals surface area (Å²) < 4.78 is 5.51. The minimum absolute atomic E-state index is 0.0452. The molecule has 0 unspecified atom stereocenters. The van der Waals surface area contributed by atoms with Crippen molar-refractivity contribution in [2.24, 2.45) is 0 Å². The summed E-state index contributed by atoms with van der Waals surface area (Å²) in [5, 5.41) is 10.4. The van der Waals surface area contributed by atoms with Crippen LogP contribution >= 0.6 is 11.8 Å². The maximum Gasteiger partial charge on any atom is 0.322 e. The van der Waals surface area contributed by atoms with Crippen molar-refractivity contribution in [3.05, 3.63) is 71.1 Å². The molecule has 2 aromatic carbocycles. The molecule has 0 saturated heterocycles. The van der Waals surface area contributed by atoms with E-state index in [9.17, 15) is 9.59 Å². The average molecular weight is 381 g/mol. The third-order valence-corrected chi connectivity index (χ3v) is 4.72. The van der Waals surface area contributed by atoms with E-state index in [1.54, 1.807) is 36.0 Å². The summed E-state index contributed by atoms with van der Waals surface area (Å²) in [7, 11) is 0. The van der Waals surface area contributed by atoms with Crippen LogP contribution in [0.4, 0.5) is 6.01 Å². The van der Waals surface area contributed by atoms with Crippen LogP contribution in [0.5, 0.6) is 0 Å². The van der Waals surface area contributed by atoms with Crippen LogP contribution in [0.3, 0.4) is 0 Å². The second-order valence-electron chi connectivity index (χ2n) is 5.84. The average Bonchev–Trinajstić information content (AvgIpc) is 3.10. The monoisotopic (exact) mass is 381 g/mol. The minimum atomic E-state index is -0.374. The van der Waals surface area contributed by atoms with Crippen LogP contribution in [-0.2, 0) is 6.42 Å². The zero-order valence-corrected chi connectivity index (χ0v) is 15.9. The highest BCUT2D eigenvalue weighted by Gasteiger charge is 2.12. The van der Waals surface area contributed by atoms with E-state index in [2.05, 4.69) is 34.6 Å². The quantitative estimate of drug-likeness (QED) is 0.487. The molecule has 138 valence electrons. The van der Waals surface area contributed by atoms with Crippen LogP contribution in [-0.4, -0.2) is 27.6 Å². The third-order valence-electron chi connectivity index (χ3n) is 3.83. The Morgan fingerprint density at radius 2 is 1.67 bits per heavy atom. The molecule has 6 nitrogen and oxygen atoms in total. The number of hydrogen-bond acceptors (Lipinski definition) is 6. The predicted octanol–water partition coefficient (Wildman–Crippen LogP) is 4.23. The zero-order valence-electron chi connectivity index (χ0n) is 15.1. The fourth-order valence-electron chi connectivity index (χ4n) is 2.45. The number of nitrogens with one attached hydrogen (secondary N) is 1. The predicted molar refractivity (Wildman–Crippen MR) is 104 cm³/mol. The van der Waals surface area contributed by atoms with Crippen LogP contribution in [0, 0.1) is 0 Å². The fourth-order valence-corrected chi connectivity index (χ4v) is 3.11. The second kappa shape index (κ2) is 8.64. The van der Waals surface area contributed by atoms with Gasteiger partial charge in [-0.2, -0.15) is 0 Å². The normalized spacial score (nSPS) is 10.6. The number of ketones is 1. The number of benzene rings is 2. The van der Waals surface area contributed by atoms with Crippen LogP contribution in [0.2, 0.25) is 0 Å². The van der Waals surface area contributed by atoms with E-state index in [0.717, 1.165) is 11.3 Å². The molecule has 1 heterocycles. The van der Waals surface area contributed by atoms with Crippen molar-refractivity contribution in [2.45, 2.75) is 25.2 Å². The van der Waals surface area contributed by atoms with Crippen molar-refractivity contribution in [2.75, 3.05) is 11.1 Å². The lowest BCUT2D eigenvalue weighted by molar-refractivity contribution is 0.100. The van der Waals surface area contributed by atoms with Gasteiger partial charge >= 0.3 is 6.01 Å². The molecule has 0 aliphatic carbocycles. The van der Waals surface area contributed by atoms with Crippen LogP contribution in [0.25, 0.3) is 0 Å². The van der Waals surface area contributed by atoms with Crippen LogP contribution < -0.4 is 5.32 Å². The highest BCUT2D eigenvalue weighted by atomic mass is 32.2. The van der Waals surface area contributed by atoms with Crippen molar-refractivity contribution in [3.63, 3.8) is 0 Å². The Morgan fingerprint density at radius 1 is 1.00 bits per heavy atom. The van der Waals surface area contributed by atoms with Crippen molar-refractivity contribution in [1.29, 1.82) is 0 Å². The topological polar surface area (TPSA) is 85.1 Å². The summed E-state index contributed by atoms with van der Waals surface area (Å²) in [4.78, 5) is 24.7. The standard InChI is InChI=1S/C20H19N3O3S/c1-3-27-17-10-4-14(5-11-17)12-18-22-23-20(26-18)21-19(25)16-8-6-15(7-9-16)13(2)24/h4-11H,3,12H2,1-2H3,(H,21,23,25). The molecule has 27 heavy (non-hydrogen) atoms. The van der Waals surface area contributed by atoms with Crippen molar-refractivity contribution >= 4 is 29.5 Å². The van der Waals surface area contributed by atoms with E-state index in [0.29, 0.717) is 23.4 Å². The summed E-state index contributed by atoms with van der Waals surface area (Å²) in [6.45, 7) is 3.59. The Hall–Kier alpha value is -2.93. The highest BCUT2D eigenvalue weighted by Crippen LogP contribution is 2.19. The molecule has 0 atom stereocenters. The van der Waals surface area contributed by atoms with Crippen molar-refractivity contribution in [3.8, 4) is 0 Å². The zero-order chi connectivity index (χ0) is 19.2. The molecule has 0 aliphatic heterocycles. The number of thioether (sulfide) groups is 1. The molecule has 0 radical (unpaired) electrons. The molecule has 7 heteroatoms. The Bertz CT molecular complexity index is 934. The summed E-state index contributed by atoms with van der Waals surface area (Å²) in [5.41, 5.74) is 2.01. The van der Waals surface area contributed by atoms with E-state index in [-0.39, 0.29) is 17.7 Å². The summed E-state index contributed by atoms with van der Waals surface area (Å²) in [6.07, 6.45) is 0.493. The van der Waals surface area contributed by atoms with Gasteiger partial charge in [0.2, 0.25) is 5.89 Å². The fraction of sp³-hybridized carbons (Fsp3) is 0.200. The first-order valence-electron chi connectivity index (χ1n) is 8.51. The molecule has 1 N–H and O–H groups in total. The summed E-state index contributed by atoms with van der Waals surface area (Å²) in [6, 6.07) is 14.6. The van der Waals surface area contributed by atoms with Gasteiger partial charge in [-0.1, -0.05) is 36.3 Å². The van der Waals surface area contributed by atoms with Gasteiger partial charge in [0.15, 0.2) is 5.78 Å². The number of anilines is 1. The van der Waals surface area contributed by atoms with E-state index in [1.807, 2.05) is 12.1 Å². The Morgan fingerprint density at radius 3 is 2.30 bits per heavy atom. The van der Waals surface area contributed by atoms with Gasteiger partial charge in [-0.3, -0.25) is 14.9 Å². The van der Waals surface area contributed by atoms with Gasteiger partial charge in [0.1, 0.15) is 0 Å². The molecule has 0 bridgehead atoms. The molecule has 0 fully saturated rings. The minimum Gasteiger partial charge on any atom is -0.407 e.